The molecule has 1 heteroatoms. The van der Waals surface area contributed by atoms with Gasteiger partial charge in [0.15, 0.2) is 0 Å². The third-order valence-corrected chi connectivity index (χ3v) is 1.54. The molecule has 0 unspecified atom stereocenters. The molecule has 0 aliphatic carbocycles. The summed E-state index contributed by atoms with van der Waals surface area (Å²) in [5, 5.41) is 0. The van der Waals surface area contributed by atoms with Gasteiger partial charge in [-0.05, 0) is 0 Å². The van der Waals surface area contributed by atoms with Gasteiger partial charge in [-0.15, -0.1) is 0 Å². The molecule has 37 valence electrons. The van der Waals surface area contributed by atoms with E-state index in [9.17, 15) is 0 Å². The minimum atomic E-state index is 0. The molecule has 0 saturated carbocycles. The van der Waals surface area contributed by atoms with E-state index in [0.717, 1.165) is 0 Å². The third-order valence-electron chi connectivity index (χ3n) is 0.530. The molecular weight excluding hydrogens is 179 g/mol. The van der Waals surface area contributed by atoms with E-state index in [1.54, 1.807) is 22.5 Å². The molecular formula is C5H13Sn. The maximum atomic E-state index is 2.23. The first-order chi connectivity index (χ1) is 2.41. The van der Waals surface area contributed by atoms with Crippen LogP contribution in [0.2, 0.25) is 4.44 Å². The van der Waals surface area contributed by atoms with Crippen molar-refractivity contribution in [2.24, 2.45) is 0 Å². The van der Waals surface area contributed by atoms with Gasteiger partial charge >= 0.3 is 46.7 Å². The Morgan fingerprint density at radius 2 is 2.00 bits per heavy atom. The molecule has 0 atom stereocenters. The molecule has 0 heterocycles. The first-order valence-electron chi connectivity index (χ1n) is 2.06. The first-order valence-corrected chi connectivity index (χ1v) is 4.08. The van der Waals surface area contributed by atoms with E-state index in [2.05, 4.69) is 6.92 Å². The van der Waals surface area contributed by atoms with E-state index >= 15 is 0 Å². The van der Waals surface area contributed by atoms with Crippen LogP contribution in [-0.2, 0) is 0 Å². The van der Waals surface area contributed by atoms with Crippen LogP contribution >= 0.6 is 0 Å². The van der Waals surface area contributed by atoms with Crippen molar-refractivity contribution < 1.29 is 0 Å². The Morgan fingerprint density at radius 3 is 2.00 bits per heavy atom. The summed E-state index contributed by atoms with van der Waals surface area (Å²) in [5.74, 6) is 0. The zero-order valence-corrected chi connectivity index (χ0v) is 6.48. The van der Waals surface area contributed by atoms with Crippen molar-refractivity contribution in [3.63, 3.8) is 0 Å². The maximum absolute atomic E-state index is 2.23. The second-order valence-corrected chi connectivity index (χ2v) is 2.53. The topological polar surface area (TPSA) is 0 Å². The van der Waals surface area contributed by atoms with Crippen LogP contribution in [0.3, 0.4) is 0 Å². The molecule has 0 bridgehead atoms. The second kappa shape index (κ2) is 9.25. The second-order valence-electron chi connectivity index (χ2n) is 1.10. The number of hydrogen-bond acceptors (Lipinski definition) is 0. The summed E-state index contributed by atoms with van der Waals surface area (Å²) >= 11 is 1.68. The van der Waals surface area contributed by atoms with Crippen molar-refractivity contribution in [3.8, 4) is 0 Å². The van der Waals surface area contributed by atoms with Crippen molar-refractivity contribution in [1.29, 1.82) is 0 Å². The van der Waals surface area contributed by atoms with Gasteiger partial charge in [0, 0.05) is 0 Å². The van der Waals surface area contributed by atoms with Gasteiger partial charge < -0.3 is 0 Å². The van der Waals surface area contributed by atoms with Gasteiger partial charge in [-0.25, -0.2) is 0 Å². The average Bonchev–Trinajstić information content (AvgIpc) is 1.41. The van der Waals surface area contributed by atoms with Gasteiger partial charge in [0.1, 0.15) is 0 Å². The van der Waals surface area contributed by atoms with Crippen LogP contribution in [0.1, 0.15) is 27.2 Å². The molecule has 0 nitrogen and oxygen atoms in total. The molecule has 3 radical (unpaired) electrons. The molecule has 0 aliphatic rings. The van der Waals surface area contributed by atoms with Crippen LogP contribution in [0.25, 0.3) is 0 Å². The predicted octanol–water partition coefficient (Wildman–Crippen LogP) is 2.01. The summed E-state index contributed by atoms with van der Waals surface area (Å²) in [6.07, 6.45) is 2.80. The summed E-state index contributed by atoms with van der Waals surface area (Å²) in [6, 6.07) is 0. The van der Waals surface area contributed by atoms with Gasteiger partial charge in [-0.3, -0.25) is 0 Å². The van der Waals surface area contributed by atoms with Gasteiger partial charge in [-0.2, -0.15) is 0 Å². The Bertz CT molecular complexity index is 11.4. The molecule has 0 aliphatic heterocycles. The molecule has 0 N–H and O–H groups in total. The summed E-state index contributed by atoms with van der Waals surface area (Å²) in [4.78, 5) is 0. The van der Waals surface area contributed by atoms with E-state index in [1.807, 2.05) is 0 Å². The fourth-order valence-electron chi connectivity index (χ4n) is 0.177. The molecule has 0 spiro atoms. The van der Waals surface area contributed by atoms with Crippen LogP contribution in [0.15, 0.2) is 0 Å². The van der Waals surface area contributed by atoms with Gasteiger partial charge in [0.2, 0.25) is 0 Å². The summed E-state index contributed by atoms with van der Waals surface area (Å²) in [5.41, 5.74) is 0. The van der Waals surface area contributed by atoms with Crippen molar-refractivity contribution >= 4 is 22.5 Å². The standard InChI is InChI=1S/C4H9.CH4.Sn/c1-3-4-2;;/h1,3-4H2,2H3;1H4;. The quantitative estimate of drug-likeness (QED) is 0.587. The Hall–Kier alpha value is 0.799. The number of rotatable bonds is 2. The average molecular weight is 192 g/mol. The summed E-state index contributed by atoms with van der Waals surface area (Å²) < 4.78 is 1.43. The molecule has 0 fully saturated rings. The van der Waals surface area contributed by atoms with Gasteiger partial charge in [0.25, 0.3) is 0 Å². The number of hydrogen-bond donors (Lipinski definition) is 0. The normalized spacial score (nSPS) is 7.00. The van der Waals surface area contributed by atoms with Crippen molar-refractivity contribution in [1.82, 2.24) is 0 Å². The van der Waals surface area contributed by atoms with Crippen LogP contribution in [-0.4, -0.2) is 22.5 Å². The van der Waals surface area contributed by atoms with E-state index in [-0.39, 0.29) is 7.43 Å². The Balaban J connectivity index is 0. The minimum absolute atomic E-state index is 0. The van der Waals surface area contributed by atoms with E-state index in [0.29, 0.717) is 0 Å². The van der Waals surface area contributed by atoms with Crippen LogP contribution < -0.4 is 0 Å². The molecule has 6 heavy (non-hydrogen) atoms. The fourth-order valence-corrected chi connectivity index (χ4v) is 1.19. The van der Waals surface area contributed by atoms with Crippen molar-refractivity contribution in [3.05, 3.63) is 0 Å². The van der Waals surface area contributed by atoms with Crippen LogP contribution in [0, 0.1) is 0 Å². The number of unbranched alkanes of at least 4 members (excludes halogenated alkanes) is 1. The SMILES string of the molecule is C.CCC[CH2][Sn]. The Morgan fingerprint density at radius 1 is 1.50 bits per heavy atom. The summed E-state index contributed by atoms with van der Waals surface area (Å²) in [7, 11) is 0. The third kappa shape index (κ3) is 8.84. The predicted molar refractivity (Wildman–Crippen MR) is 32.2 cm³/mol. The molecule has 0 rings (SSSR count). The summed E-state index contributed by atoms with van der Waals surface area (Å²) in [6.45, 7) is 2.23. The van der Waals surface area contributed by atoms with Gasteiger partial charge in [-0.1, -0.05) is 7.43 Å². The fraction of sp³-hybridized carbons (Fsp3) is 1.00. The van der Waals surface area contributed by atoms with E-state index in [4.69, 9.17) is 0 Å². The monoisotopic (exact) mass is 193 g/mol. The Labute approximate surface area is 54.4 Å². The van der Waals surface area contributed by atoms with Crippen molar-refractivity contribution in [2.75, 3.05) is 0 Å². The van der Waals surface area contributed by atoms with Crippen LogP contribution in [0.5, 0.6) is 0 Å². The van der Waals surface area contributed by atoms with Gasteiger partial charge in [0.05, 0.1) is 0 Å². The first kappa shape index (κ1) is 9.93. The zero-order chi connectivity index (χ0) is 4.12. The molecule has 0 aromatic heterocycles. The molecule has 0 saturated heterocycles. The van der Waals surface area contributed by atoms with E-state index < -0.39 is 0 Å². The molecule has 0 amide bonds. The molecule has 0 aromatic rings. The van der Waals surface area contributed by atoms with E-state index in [1.165, 1.54) is 17.3 Å². The van der Waals surface area contributed by atoms with Crippen LogP contribution in [0.4, 0.5) is 0 Å². The molecule has 0 aromatic carbocycles. The zero-order valence-electron chi connectivity index (χ0n) is 3.62. The van der Waals surface area contributed by atoms with Crippen molar-refractivity contribution in [2.45, 2.75) is 31.6 Å². The Kier molecular flexibility index (Phi) is 15.3.